The van der Waals surface area contributed by atoms with Crippen molar-refractivity contribution in [2.24, 2.45) is 5.92 Å². The zero-order valence-electron chi connectivity index (χ0n) is 11.2. The fourth-order valence-electron chi connectivity index (χ4n) is 2.82. The highest BCUT2D eigenvalue weighted by Crippen LogP contribution is 2.41. The predicted molar refractivity (Wildman–Crippen MR) is 71.2 cm³/mol. The minimum atomic E-state index is -0.472. The van der Waals surface area contributed by atoms with E-state index in [9.17, 15) is 9.59 Å². The third kappa shape index (κ3) is 2.01. The van der Waals surface area contributed by atoms with Gasteiger partial charge < -0.3 is 10.2 Å². The molecule has 0 bridgehead atoms. The Hall–Kier alpha value is -1.84. The lowest BCUT2D eigenvalue weighted by molar-refractivity contribution is -0.150. The molecule has 1 aliphatic heterocycles. The molecule has 0 radical (unpaired) electrons. The largest absolute Gasteiger partial charge is 0.342 e. The molecule has 1 aromatic rings. The molecule has 1 saturated heterocycles. The quantitative estimate of drug-likeness (QED) is 0.873. The third-order valence-electron chi connectivity index (χ3n) is 4.05. The SMILES string of the molecule is CC1NC(=O)C(c2ccccc2)N(C2CC2C)C1=O. The van der Waals surface area contributed by atoms with E-state index < -0.39 is 12.1 Å². The van der Waals surface area contributed by atoms with Gasteiger partial charge in [0.25, 0.3) is 0 Å². The number of benzene rings is 1. The normalized spacial score (nSPS) is 34.1. The standard InChI is InChI=1S/C15H18N2O2/c1-9-8-12(9)17-13(11-6-4-3-5-7-11)14(18)16-10(2)15(17)19/h3-7,9-10,12-13H,8H2,1-2H3,(H,16,18). The summed E-state index contributed by atoms with van der Waals surface area (Å²) in [5.74, 6) is 0.452. The highest BCUT2D eigenvalue weighted by molar-refractivity contribution is 5.97. The number of carbonyl (C=O) groups excluding carboxylic acids is 2. The average molecular weight is 258 g/mol. The lowest BCUT2D eigenvalue weighted by Crippen LogP contribution is -2.59. The van der Waals surface area contributed by atoms with Gasteiger partial charge in [0.05, 0.1) is 0 Å². The minimum Gasteiger partial charge on any atom is -0.342 e. The summed E-state index contributed by atoms with van der Waals surface area (Å²) in [7, 11) is 0. The Morgan fingerprint density at radius 2 is 1.79 bits per heavy atom. The molecule has 0 spiro atoms. The van der Waals surface area contributed by atoms with E-state index in [1.54, 1.807) is 11.8 Å². The van der Waals surface area contributed by atoms with Crippen LogP contribution in [0.15, 0.2) is 30.3 Å². The Kier molecular flexibility index (Phi) is 2.81. The smallest absolute Gasteiger partial charge is 0.248 e. The molecule has 1 N–H and O–H groups in total. The Bertz CT molecular complexity index is 514. The summed E-state index contributed by atoms with van der Waals surface area (Å²) in [6, 6.07) is 8.87. The van der Waals surface area contributed by atoms with Crippen LogP contribution in [0.5, 0.6) is 0 Å². The molecule has 3 rings (SSSR count). The topological polar surface area (TPSA) is 49.4 Å². The van der Waals surface area contributed by atoms with Gasteiger partial charge in [-0.25, -0.2) is 0 Å². The van der Waals surface area contributed by atoms with Crippen LogP contribution in [-0.2, 0) is 9.59 Å². The van der Waals surface area contributed by atoms with E-state index in [1.807, 2.05) is 30.3 Å². The highest BCUT2D eigenvalue weighted by atomic mass is 16.2. The molecule has 0 aromatic heterocycles. The molecule has 1 aliphatic carbocycles. The number of nitrogens with one attached hydrogen (secondary N) is 1. The van der Waals surface area contributed by atoms with Crippen LogP contribution in [-0.4, -0.2) is 28.8 Å². The molecular weight excluding hydrogens is 240 g/mol. The second-order valence-corrected chi connectivity index (χ2v) is 5.57. The van der Waals surface area contributed by atoms with Gasteiger partial charge in [-0.05, 0) is 24.8 Å². The van der Waals surface area contributed by atoms with E-state index in [4.69, 9.17) is 0 Å². The third-order valence-corrected chi connectivity index (χ3v) is 4.05. The van der Waals surface area contributed by atoms with Crippen molar-refractivity contribution in [1.82, 2.24) is 10.2 Å². The number of nitrogens with zero attached hydrogens (tertiary/aromatic N) is 1. The van der Waals surface area contributed by atoms with Crippen LogP contribution in [0.2, 0.25) is 0 Å². The monoisotopic (exact) mass is 258 g/mol. The number of hydrogen-bond acceptors (Lipinski definition) is 2. The Morgan fingerprint density at radius 3 is 2.37 bits per heavy atom. The summed E-state index contributed by atoms with van der Waals surface area (Å²) in [4.78, 5) is 26.5. The van der Waals surface area contributed by atoms with E-state index in [0.29, 0.717) is 5.92 Å². The Labute approximate surface area is 112 Å². The first kappa shape index (κ1) is 12.2. The molecule has 100 valence electrons. The molecule has 2 amide bonds. The van der Waals surface area contributed by atoms with Crippen LogP contribution in [0, 0.1) is 5.92 Å². The first-order valence-corrected chi connectivity index (χ1v) is 6.77. The van der Waals surface area contributed by atoms with Gasteiger partial charge in [0.15, 0.2) is 0 Å². The van der Waals surface area contributed by atoms with Gasteiger partial charge in [0.2, 0.25) is 11.8 Å². The maximum Gasteiger partial charge on any atom is 0.248 e. The lowest BCUT2D eigenvalue weighted by Gasteiger charge is -2.38. The molecule has 1 heterocycles. The Morgan fingerprint density at radius 1 is 1.16 bits per heavy atom. The molecule has 4 nitrogen and oxygen atoms in total. The van der Waals surface area contributed by atoms with Gasteiger partial charge in [-0.2, -0.15) is 0 Å². The summed E-state index contributed by atoms with van der Waals surface area (Å²) in [5, 5.41) is 2.77. The summed E-state index contributed by atoms with van der Waals surface area (Å²) >= 11 is 0. The first-order chi connectivity index (χ1) is 9.09. The molecule has 19 heavy (non-hydrogen) atoms. The van der Waals surface area contributed by atoms with Crippen molar-refractivity contribution in [3.05, 3.63) is 35.9 Å². The maximum atomic E-state index is 12.4. The summed E-state index contributed by atoms with van der Waals surface area (Å²) in [6.07, 6.45) is 0.995. The van der Waals surface area contributed by atoms with E-state index in [-0.39, 0.29) is 17.9 Å². The van der Waals surface area contributed by atoms with Crippen molar-refractivity contribution in [3.63, 3.8) is 0 Å². The van der Waals surface area contributed by atoms with Crippen molar-refractivity contribution in [2.75, 3.05) is 0 Å². The molecular formula is C15H18N2O2. The maximum absolute atomic E-state index is 12.4. The van der Waals surface area contributed by atoms with Crippen LogP contribution in [0.25, 0.3) is 0 Å². The fourth-order valence-corrected chi connectivity index (χ4v) is 2.82. The number of carbonyl (C=O) groups is 2. The van der Waals surface area contributed by atoms with Gasteiger partial charge in [-0.1, -0.05) is 37.3 Å². The second-order valence-electron chi connectivity index (χ2n) is 5.57. The highest BCUT2D eigenvalue weighted by Gasteiger charge is 2.49. The molecule has 4 unspecified atom stereocenters. The van der Waals surface area contributed by atoms with E-state index in [1.165, 1.54) is 0 Å². The van der Waals surface area contributed by atoms with Crippen molar-refractivity contribution >= 4 is 11.8 Å². The van der Waals surface area contributed by atoms with Crippen LogP contribution >= 0.6 is 0 Å². The summed E-state index contributed by atoms with van der Waals surface area (Å²) in [6.45, 7) is 3.87. The average Bonchev–Trinajstić information content (AvgIpc) is 3.11. The van der Waals surface area contributed by atoms with Crippen molar-refractivity contribution < 1.29 is 9.59 Å². The zero-order chi connectivity index (χ0) is 13.6. The van der Waals surface area contributed by atoms with Gasteiger partial charge in [0.1, 0.15) is 12.1 Å². The number of rotatable bonds is 2. The summed E-state index contributed by atoms with van der Waals surface area (Å²) < 4.78 is 0. The van der Waals surface area contributed by atoms with Crippen molar-refractivity contribution in [2.45, 2.75) is 38.4 Å². The van der Waals surface area contributed by atoms with Gasteiger partial charge in [-0.15, -0.1) is 0 Å². The predicted octanol–water partition coefficient (Wildman–Crippen LogP) is 1.48. The van der Waals surface area contributed by atoms with Crippen molar-refractivity contribution in [3.8, 4) is 0 Å². The first-order valence-electron chi connectivity index (χ1n) is 6.77. The van der Waals surface area contributed by atoms with Crippen molar-refractivity contribution in [1.29, 1.82) is 0 Å². The second kappa shape index (κ2) is 4.37. The lowest BCUT2D eigenvalue weighted by atomic mass is 9.99. The number of amides is 2. The fraction of sp³-hybridized carbons (Fsp3) is 0.467. The number of piperazine rings is 1. The van der Waals surface area contributed by atoms with E-state index in [2.05, 4.69) is 12.2 Å². The number of hydrogen-bond donors (Lipinski definition) is 1. The van der Waals surface area contributed by atoms with Crippen LogP contribution in [0.4, 0.5) is 0 Å². The molecule has 2 aliphatic rings. The van der Waals surface area contributed by atoms with Crippen LogP contribution in [0.1, 0.15) is 31.9 Å². The van der Waals surface area contributed by atoms with E-state index >= 15 is 0 Å². The molecule has 1 aromatic carbocycles. The summed E-state index contributed by atoms with van der Waals surface area (Å²) in [5.41, 5.74) is 0.888. The minimum absolute atomic E-state index is 0.0304. The van der Waals surface area contributed by atoms with Gasteiger partial charge in [-0.3, -0.25) is 9.59 Å². The molecule has 1 saturated carbocycles. The molecule has 4 heteroatoms. The van der Waals surface area contributed by atoms with E-state index in [0.717, 1.165) is 12.0 Å². The Balaban J connectivity index is 1.98. The van der Waals surface area contributed by atoms with Crippen LogP contribution < -0.4 is 5.32 Å². The molecule has 4 atom stereocenters. The van der Waals surface area contributed by atoms with Crippen LogP contribution in [0.3, 0.4) is 0 Å². The van der Waals surface area contributed by atoms with Gasteiger partial charge in [0, 0.05) is 6.04 Å². The zero-order valence-corrected chi connectivity index (χ0v) is 11.2. The molecule has 2 fully saturated rings. The van der Waals surface area contributed by atoms with Gasteiger partial charge >= 0.3 is 0 Å².